The SMILES string of the molecule is CCc1ccc(N(C)c2cc(NC#N)ncn2)cc1. The predicted molar refractivity (Wildman–Crippen MR) is 75.2 cm³/mol. The first-order valence-electron chi connectivity index (χ1n) is 6.04. The highest BCUT2D eigenvalue weighted by Gasteiger charge is 2.06. The molecular weight excluding hydrogens is 238 g/mol. The Bertz CT molecular complexity index is 586. The number of hydrogen-bond acceptors (Lipinski definition) is 5. The fraction of sp³-hybridized carbons (Fsp3) is 0.214. The third-order valence-electron chi connectivity index (χ3n) is 2.91. The summed E-state index contributed by atoms with van der Waals surface area (Å²) in [6.45, 7) is 2.13. The third-order valence-corrected chi connectivity index (χ3v) is 2.91. The zero-order chi connectivity index (χ0) is 13.7. The van der Waals surface area contributed by atoms with Crippen molar-refractivity contribution < 1.29 is 0 Å². The lowest BCUT2D eigenvalue weighted by Gasteiger charge is -2.18. The van der Waals surface area contributed by atoms with Crippen LogP contribution < -0.4 is 10.2 Å². The standard InChI is InChI=1S/C14H15N5/c1-3-11-4-6-12(7-5-11)19(2)14-8-13(16-9-15)17-10-18-14/h4-8,10H,3H2,1-2H3,(H,16,17,18). The maximum atomic E-state index is 8.59. The Hall–Kier alpha value is -2.61. The highest BCUT2D eigenvalue weighted by Crippen LogP contribution is 2.23. The zero-order valence-electron chi connectivity index (χ0n) is 11.0. The number of hydrogen-bond donors (Lipinski definition) is 1. The summed E-state index contributed by atoms with van der Waals surface area (Å²) < 4.78 is 0. The topological polar surface area (TPSA) is 64.8 Å². The van der Waals surface area contributed by atoms with Crippen molar-refractivity contribution in [1.82, 2.24) is 9.97 Å². The van der Waals surface area contributed by atoms with Gasteiger partial charge in [0.25, 0.3) is 0 Å². The molecule has 1 N–H and O–H groups in total. The van der Waals surface area contributed by atoms with E-state index in [4.69, 9.17) is 5.26 Å². The van der Waals surface area contributed by atoms with Gasteiger partial charge in [0, 0.05) is 18.8 Å². The first-order chi connectivity index (χ1) is 9.24. The summed E-state index contributed by atoms with van der Waals surface area (Å²) in [4.78, 5) is 10.1. The van der Waals surface area contributed by atoms with Gasteiger partial charge >= 0.3 is 0 Å². The van der Waals surface area contributed by atoms with Gasteiger partial charge in [-0.25, -0.2) is 9.97 Å². The Kier molecular flexibility index (Phi) is 3.94. The summed E-state index contributed by atoms with van der Waals surface area (Å²) in [5.74, 6) is 1.22. The number of nitriles is 1. The normalized spacial score (nSPS) is 9.74. The largest absolute Gasteiger partial charge is 0.329 e. The van der Waals surface area contributed by atoms with Crippen molar-refractivity contribution in [3.63, 3.8) is 0 Å². The van der Waals surface area contributed by atoms with Crippen LogP contribution in [0.5, 0.6) is 0 Å². The van der Waals surface area contributed by atoms with Gasteiger partial charge in [0.2, 0.25) is 0 Å². The van der Waals surface area contributed by atoms with E-state index in [9.17, 15) is 0 Å². The lowest BCUT2D eigenvalue weighted by Crippen LogP contribution is -2.11. The molecule has 2 rings (SSSR count). The molecule has 1 heterocycles. The van der Waals surface area contributed by atoms with Crippen molar-refractivity contribution in [3.8, 4) is 6.19 Å². The third kappa shape index (κ3) is 2.99. The van der Waals surface area contributed by atoms with Crippen molar-refractivity contribution in [1.29, 1.82) is 5.26 Å². The Morgan fingerprint density at radius 2 is 2.00 bits per heavy atom. The van der Waals surface area contributed by atoms with Crippen LogP contribution in [0.3, 0.4) is 0 Å². The van der Waals surface area contributed by atoms with Crippen molar-refractivity contribution in [2.45, 2.75) is 13.3 Å². The minimum absolute atomic E-state index is 0.490. The molecule has 19 heavy (non-hydrogen) atoms. The minimum Gasteiger partial charge on any atom is -0.329 e. The van der Waals surface area contributed by atoms with Crippen LogP contribution in [0.15, 0.2) is 36.7 Å². The second-order valence-corrected chi connectivity index (χ2v) is 4.08. The molecule has 1 aromatic carbocycles. The maximum absolute atomic E-state index is 8.59. The molecule has 5 heteroatoms. The van der Waals surface area contributed by atoms with Crippen LogP contribution in [0, 0.1) is 11.5 Å². The number of benzene rings is 1. The number of nitrogens with zero attached hydrogens (tertiary/aromatic N) is 4. The average Bonchev–Trinajstić information content (AvgIpc) is 2.47. The van der Waals surface area contributed by atoms with E-state index in [1.54, 1.807) is 6.07 Å². The number of aromatic nitrogens is 2. The number of anilines is 3. The number of nitrogens with one attached hydrogen (secondary N) is 1. The molecule has 0 saturated heterocycles. The van der Waals surface area contributed by atoms with Crippen molar-refractivity contribution >= 4 is 17.3 Å². The van der Waals surface area contributed by atoms with Gasteiger partial charge in [-0.3, -0.25) is 5.32 Å². The summed E-state index contributed by atoms with van der Waals surface area (Å²) in [7, 11) is 1.93. The lowest BCUT2D eigenvalue weighted by atomic mass is 10.1. The van der Waals surface area contributed by atoms with Crippen molar-refractivity contribution in [3.05, 3.63) is 42.2 Å². The predicted octanol–water partition coefficient (Wildman–Crippen LogP) is 2.70. The van der Waals surface area contributed by atoms with Gasteiger partial charge in [-0.05, 0) is 24.1 Å². The van der Waals surface area contributed by atoms with Gasteiger partial charge in [0.15, 0.2) is 6.19 Å². The Balaban J connectivity index is 2.25. The number of aryl methyl sites for hydroxylation is 1. The molecule has 5 nitrogen and oxygen atoms in total. The molecule has 0 amide bonds. The van der Waals surface area contributed by atoms with Gasteiger partial charge < -0.3 is 4.90 Å². The van der Waals surface area contributed by atoms with E-state index < -0.39 is 0 Å². The van der Waals surface area contributed by atoms with E-state index in [0.717, 1.165) is 17.9 Å². The molecule has 0 fully saturated rings. The molecule has 0 spiro atoms. The fourth-order valence-corrected chi connectivity index (χ4v) is 1.74. The molecule has 0 unspecified atom stereocenters. The highest BCUT2D eigenvalue weighted by atomic mass is 15.2. The van der Waals surface area contributed by atoms with Gasteiger partial charge in [-0.1, -0.05) is 19.1 Å². The maximum Gasteiger partial charge on any atom is 0.182 e. The monoisotopic (exact) mass is 253 g/mol. The first-order valence-corrected chi connectivity index (χ1v) is 6.04. The van der Waals surface area contributed by atoms with Crippen LogP contribution in [0.2, 0.25) is 0 Å². The summed E-state index contributed by atoms with van der Waals surface area (Å²) in [6, 6.07) is 10.0. The molecule has 1 aromatic heterocycles. The molecule has 0 aliphatic heterocycles. The molecule has 0 aliphatic carbocycles. The van der Waals surface area contributed by atoms with E-state index in [1.807, 2.05) is 18.1 Å². The summed E-state index contributed by atoms with van der Waals surface area (Å²) in [5, 5.41) is 11.1. The molecule has 0 aliphatic rings. The fourth-order valence-electron chi connectivity index (χ4n) is 1.74. The smallest absolute Gasteiger partial charge is 0.182 e. The molecule has 2 aromatic rings. The zero-order valence-corrected chi connectivity index (χ0v) is 11.0. The van der Waals surface area contributed by atoms with E-state index in [-0.39, 0.29) is 0 Å². The number of rotatable bonds is 4. The quantitative estimate of drug-likeness (QED) is 0.670. The van der Waals surface area contributed by atoms with E-state index in [0.29, 0.717) is 5.82 Å². The Labute approximate surface area is 112 Å². The van der Waals surface area contributed by atoms with E-state index in [2.05, 4.69) is 46.5 Å². The summed E-state index contributed by atoms with van der Waals surface area (Å²) in [6.07, 6.45) is 4.30. The molecular formula is C14H15N5. The van der Waals surface area contributed by atoms with Crippen LogP contribution in [0.4, 0.5) is 17.3 Å². The molecule has 96 valence electrons. The summed E-state index contributed by atoms with van der Waals surface area (Å²) in [5.41, 5.74) is 2.34. The van der Waals surface area contributed by atoms with Crippen LogP contribution in [0.1, 0.15) is 12.5 Å². The van der Waals surface area contributed by atoms with Crippen molar-refractivity contribution in [2.24, 2.45) is 0 Å². The molecule has 0 atom stereocenters. The van der Waals surface area contributed by atoms with Crippen LogP contribution >= 0.6 is 0 Å². The highest BCUT2D eigenvalue weighted by molar-refractivity contribution is 5.62. The van der Waals surface area contributed by atoms with Crippen LogP contribution in [-0.4, -0.2) is 17.0 Å². The molecule has 0 radical (unpaired) electrons. The van der Waals surface area contributed by atoms with Gasteiger partial charge in [0.1, 0.15) is 18.0 Å². The van der Waals surface area contributed by atoms with Crippen molar-refractivity contribution in [2.75, 3.05) is 17.3 Å². The molecule has 0 bridgehead atoms. The van der Waals surface area contributed by atoms with Gasteiger partial charge in [0.05, 0.1) is 0 Å². The Morgan fingerprint density at radius 1 is 1.26 bits per heavy atom. The first kappa shape index (κ1) is 12.8. The summed E-state index contributed by atoms with van der Waals surface area (Å²) >= 11 is 0. The van der Waals surface area contributed by atoms with E-state index in [1.165, 1.54) is 11.9 Å². The average molecular weight is 253 g/mol. The van der Waals surface area contributed by atoms with Gasteiger partial charge in [-0.15, -0.1) is 0 Å². The van der Waals surface area contributed by atoms with Crippen LogP contribution in [0.25, 0.3) is 0 Å². The Morgan fingerprint density at radius 3 is 2.63 bits per heavy atom. The lowest BCUT2D eigenvalue weighted by molar-refractivity contribution is 1.08. The second-order valence-electron chi connectivity index (χ2n) is 4.08. The second kappa shape index (κ2) is 5.83. The minimum atomic E-state index is 0.490. The van der Waals surface area contributed by atoms with Crippen LogP contribution in [-0.2, 0) is 6.42 Å². The molecule has 0 saturated carbocycles. The van der Waals surface area contributed by atoms with Gasteiger partial charge in [-0.2, -0.15) is 5.26 Å². The van der Waals surface area contributed by atoms with E-state index >= 15 is 0 Å².